The Morgan fingerprint density at radius 1 is 1.15 bits per heavy atom. The SMILES string of the molecule is COC(=O)[C@@H](C)Oc1c(C=Nn2c(-c3cc4cc(Cl)ccc4o3)nc3ccccc3c2=O)cc(Br)cc1OC. The molecule has 0 aliphatic heterocycles. The van der Waals surface area contributed by atoms with E-state index >= 15 is 0 Å². The summed E-state index contributed by atoms with van der Waals surface area (Å²) < 4.78 is 24.0. The molecule has 0 saturated carbocycles. The number of fused-ring (bicyclic) bond motifs is 2. The molecule has 0 radical (unpaired) electrons. The first-order chi connectivity index (χ1) is 18.8. The Balaban J connectivity index is 1.69. The van der Waals surface area contributed by atoms with Gasteiger partial charge in [-0.2, -0.15) is 9.78 Å². The number of para-hydroxylation sites is 1. The number of benzene rings is 3. The Labute approximate surface area is 235 Å². The normalized spacial score (nSPS) is 12.2. The van der Waals surface area contributed by atoms with Crippen LogP contribution in [0, 0.1) is 0 Å². The minimum Gasteiger partial charge on any atom is -0.493 e. The molecule has 11 heteroatoms. The van der Waals surface area contributed by atoms with E-state index in [2.05, 4.69) is 26.0 Å². The summed E-state index contributed by atoms with van der Waals surface area (Å²) in [6, 6.07) is 17.3. The van der Waals surface area contributed by atoms with Crippen LogP contribution >= 0.6 is 27.5 Å². The van der Waals surface area contributed by atoms with Crippen LogP contribution in [0.4, 0.5) is 0 Å². The number of carbonyl (C=O) groups excluding carboxylic acids is 1. The van der Waals surface area contributed by atoms with Gasteiger partial charge in [-0.1, -0.05) is 39.7 Å². The highest BCUT2D eigenvalue weighted by atomic mass is 79.9. The Morgan fingerprint density at radius 3 is 2.72 bits per heavy atom. The summed E-state index contributed by atoms with van der Waals surface area (Å²) in [5.41, 5.74) is 1.09. The molecule has 198 valence electrons. The van der Waals surface area contributed by atoms with Crippen molar-refractivity contribution in [2.45, 2.75) is 13.0 Å². The van der Waals surface area contributed by atoms with E-state index in [1.54, 1.807) is 67.6 Å². The van der Waals surface area contributed by atoms with E-state index in [0.29, 0.717) is 43.1 Å². The summed E-state index contributed by atoms with van der Waals surface area (Å²) in [6.45, 7) is 1.55. The molecular weight excluding hydrogens is 590 g/mol. The highest BCUT2D eigenvalue weighted by molar-refractivity contribution is 9.10. The molecule has 39 heavy (non-hydrogen) atoms. The number of ether oxygens (including phenoxy) is 3. The third-order valence-electron chi connectivity index (χ3n) is 5.86. The Kier molecular flexibility index (Phi) is 7.40. The fraction of sp³-hybridized carbons (Fsp3) is 0.143. The van der Waals surface area contributed by atoms with Crippen LogP contribution in [0.5, 0.6) is 11.5 Å². The van der Waals surface area contributed by atoms with Gasteiger partial charge in [0.1, 0.15) is 5.58 Å². The lowest BCUT2D eigenvalue weighted by Crippen LogP contribution is -2.25. The highest BCUT2D eigenvalue weighted by Crippen LogP contribution is 2.35. The van der Waals surface area contributed by atoms with Crippen LogP contribution in [0.25, 0.3) is 33.5 Å². The van der Waals surface area contributed by atoms with Crippen molar-refractivity contribution in [3.63, 3.8) is 0 Å². The van der Waals surface area contributed by atoms with Crippen LogP contribution in [0.15, 0.2) is 79.4 Å². The number of hydrogen-bond acceptors (Lipinski definition) is 8. The number of halogens is 2. The molecule has 3 aromatic carbocycles. The monoisotopic (exact) mass is 609 g/mol. The smallest absolute Gasteiger partial charge is 0.346 e. The van der Waals surface area contributed by atoms with Crippen LogP contribution in [0.1, 0.15) is 12.5 Å². The minimum absolute atomic E-state index is 0.189. The molecule has 0 aliphatic carbocycles. The van der Waals surface area contributed by atoms with Gasteiger partial charge in [0, 0.05) is 20.4 Å². The van der Waals surface area contributed by atoms with E-state index in [-0.39, 0.29) is 11.6 Å². The van der Waals surface area contributed by atoms with Crippen molar-refractivity contribution in [1.82, 2.24) is 9.66 Å². The molecule has 0 unspecified atom stereocenters. The van der Waals surface area contributed by atoms with Crippen LogP contribution in [0.3, 0.4) is 0 Å². The average Bonchev–Trinajstić information content (AvgIpc) is 3.35. The van der Waals surface area contributed by atoms with Crippen molar-refractivity contribution in [1.29, 1.82) is 0 Å². The lowest BCUT2D eigenvalue weighted by atomic mass is 10.2. The highest BCUT2D eigenvalue weighted by Gasteiger charge is 2.21. The Hall–Kier alpha value is -4.15. The lowest BCUT2D eigenvalue weighted by molar-refractivity contribution is -0.147. The number of carbonyl (C=O) groups is 1. The van der Waals surface area contributed by atoms with E-state index in [1.165, 1.54) is 20.4 Å². The molecule has 5 aromatic rings. The average molecular weight is 611 g/mol. The number of aromatic nitrogens is 2. The first kappa shape index (κ1) is 26.5. The summed E-state index contributed by atoms with van der Waals surface area (Å²) in [5, 5.41) is 6.17. The van der Waals surface area contributed by atoms with Crippen LogP contribution in [0.2, 0.25) is 5.02 Å². The molecule has 5 rings (SSSR count). The maximum absolute atomic E-state index is 13.6. The molecule has 0 N–H and O–H groups in total. The summed E-state index contributed by atoms with van der Waals surface area (Å²) in [6.07, 6.45) is 0.494. The predicted octanol–water partition coefficient (Wildman–Crippen LogP) is 6.06. The van der Waals surface area contributed by atoms with Crippen molar-refractivity contribution >= 4 is 61.6 Å². The number of nitrogens with zero attached hydrogens (tertiary/aromatic N) is 3. The van der Waals surface area contributed by atoms with Crippen LogP contribution < -0.4 is 15.0 Å². The standard InChI is InChI=1S/C28H21BrClN3O6/c1-15(28(35)37-3)38-25-17(10-18(29)13-23(25)36-2)14-31-33-26(32-21-7-5-4-6-20(21)27(33)34)24-12-16-11-19(30)8-9-22(16)39-24/h4-15H,1-3H3/t15-/m1/s1. The number of rotatable bonds is 7. The zero-order valence-electron chi connectivity index (χ0n) is 21.0. The summed E-state index contributed by atoms with van der Waals surface area (Å²) >= 11 is 9.60. The summed E-state index contributed by atoms with van der Waals surface area (Å²) in [4.78, 5) is 30.3. The number of esters is 1. The van der Waals surface area contributed by atoms with Crippen LogP contribution in [-0.4, -0.2) is 42.2 Å². The second kappa shape index (κ2) is 10.9. The second-order valence-electron chi connectivity index (χ2n) is 8.42. The van der Waals surface area contributed by atoms with E-state index in [9.17, 15) is 9.59 Å². The molecule has 0 aliphatic rings. The molecule has 0 amide bonds. The molecule has 0 fully saturated rings. The number of furan rings is 1. The molecular formula is C28H21BrClN3O6. The molecule has 1 atom stereocenters. The zero-order valence-corrected chi connectivity index (χ0v) is 23.3. The first-order valence-corrected chi connectivity index (χ1v) is 12.8. The third-order valence-corrected chi connectivity index (χ3v) is 6.55. The van der Waals surface area contributed by atoms with Gasteiger partial charge in [0.05, 0.1) is 31.3 Å². The van der Waals surface area contributed by atoms with Gasteiger partial charge in [-0.25, -0.2) is 9.78 Å². The van der Waals surface area contributed by atoms with Gasteiger partial charge < -0.3 is 18.6 Å². The zero-order chi connectivity index (χ0) is 27.7. The van der Waals surface area contributed by atoms with E-state index in [4.69, 9.17) is 30.2 Å². The van der Waals surface area contributed by atoms with Gasteiger partial charge in [0.2, 0.25) is 5.82 Å². The van der Waals surface area contributed by atoms with Gasteiger partial charge in [0.25, 0.3) is 5.56 Å². The van der Waals surface area contributed by atoms with Gasteiger partial charge >= 0.3 is 5.97 Å². The van der Waals surface area contributed by atoms with E-state index < -0.39 is 17.6 Å². The van der Waals surface area contributed by atoms with Crippen molar-refractivity contribution in [3.8, 4) is 23.1 Å². The number of methoxy groups -OCH3 is 2. The molecule has 0 bridgehead atoms. The maximum atomic E-state index is 13.6. The van der Waals surface area contributed by atoms with Crippen molar-refractivity contribution in [2.75, 3.05) is 14.2 Å². The molecule has 0 saturated heterocycles. The van der Waals surface area contributed by atoms with Gasteiger partial charge in [-0.05, 0) is 55.5 Å². The molecule has 2 heterocycles. The minimum atomic E-state index is -0.930. The fourth-order valence-corrected chi connectivity index (χ4v) is 4.62. The summed E-state index contributed by atoms with van der Waals surface area (Å²) in [7, 11) is 2.75. The maximum Gasteiger partial charge on any atom is 0.346 e. The van der Waals surface area contributed by atoms with Gasteiger partial charge in [0.15, 0.2) is 23.4 Å². The summed E-state index contributed by atoms with van der Waals surface area (Å²) in [5.74, 6) is 0.540. The van der Waals surface area contributed by atoms with Crippen LogP contribution in [-0.2, 0) is 9.53 Å². The Bertz CT molecular complexity index is 1810. The van der Waals surface area contributed by atoms with Crippen molar-refractivity contribution in [2.24, 2.45) is 5.10 Å². The van der Waals surface area contributed by atoms with Crippen molar-refractivity contribution in [3.05, 3.63) is 86.1 Å². The molecule has 9 nitrogen and oxygen atoms in total. The van der Waals surface area contributed by atoms with E-state index in [0.717, 1.165) is 10.1 Å². The van der Waals surface area contributed by atoms with E-state index in [1.807, 2.05) is 0 Å². The largest absolute Gasteiger partial charge is 0.493 e. The lowest BCUT2D eigenvalue weighted by Gasteiger charge is -2.17. The molecule has 0 spiro atoms. The molecule has 2 aromatic heterocycles. The second-order valence-corrected chi connectivity index (χ2v) is 9.77. The predicted molar refractivity (Wildman–Crippen MR) is 152 cm³/mol. The first-order valence-electron chi connectivity index (χ1n) is 11.7. The quantitative estimate of drug-likeness (QED) is 0.163. The van der Waals surface area contributed by atoms with Crippen molar-refractivity contribution < 1.29 is 23.4 Å². The van der Waals surface area contributed by atoms with Gasteiger partial charge in [-0.15, -0.1) is 0 Å². The number of hydrogen-bond donors (Lipinski definition) is 0. The van der Waals surface area contributed by atoms with Gasteiger partial charge in [-0.3, -0.25) is 4.79 Å². The Morgan fingerprint density at radius 2 is 1.95 bits per heavy atom. The topological polar surface area (TPSA) is 105 Å². The fourth-order valence-electron chi connectivity index (χ4n) is 3.99. The third kappa shape index (κ3) is 5.25.